The van der Waals surface area contributed by atoms with Crippen LogP contribution in [-0.2, 0) is 0 Å². The first-order valence-corrected chi connectivity index (χ1v) is 10.2. The van der Waals surface area contributed by atoms with Crippen LogP contribution in [0, 0.1) is 6.92 Å². The molecule has 0 atom stereocenters. The van der Waals surface area contributed by atoms with Crippen molar-refractivity contribution in [2.75, 3.05) is 18.4 Å². The Morgan fingerprint density at radius 2 is 1.83 bits per heavy atom. The Labute approximate surface area is 178 Å². The zero-order chi connectivity index (χ0) is 20.4. The molecule has 3 aromatic rings. The molecule has 6 nitrogen and oxygen atoms in total. The fraction of sp³-hybridized carbons (Fsp3) is 0.286. The second kappa shape index (κ2) is 8.43. The molecule has 0 unspecified atom stereocenters. The molecule has 0 bridgehead atoms. The molecule has 2 amide bonds. The Balaban J connectivity index is 1.35. The minimum atomic E-state index is -0.160. The van der Waals surface area contributed by atoms with E-state index in [1.54, 1.807) is 23.1 Å². The van der Waals surface area contributed by atoms with E-state index in [0.29, 0.717) is 40.5 Å². The molecule has 0 saturated carbocycles. The minimum absolute atomic E-state index is 0.149. The van der Waals surface area contributed by atoms with Crippen LogP contribution in [0.1, 0.15) is 30.2 Å². The van der Waals surface area contributed by atoms with E-state index < -0.39 is 0 Å². The molecule has 29 heavy (non-hydrogen) atoms. The maximum absolute atomic E-state index is 12.5. The molecular weight excluding hydrogens is 411 g/mol. The largest absolute Gasteiger partial charge is 0.339 e. The molecule has 2 heterocycles. The highest BCUT2D eigenvalue weighted by atomic mass is 35.5. The van der Waals surface area contributed by atoms with Crippen LogP contribution in [-0.4, -0.2) is 34.2 Å². The van der Waals surface area contributed by atoms with E-state index in [1.807, 2.05) is 31.2 Å². The Morgan fingerprint density at radius 1 is 1.10 bits per heavy atom. The summed E-state index contributed by atoms with van der Waals surface area (Å²) in [6.07, 6.45) is 1.54. The van der Waals surface area contributed by atoms with E-state index in [0.717, 1.165) is 18.4 Å². The zero-order valence-corrected chi connectivity index (χ0v) is 17.4. The number of aryl methyl sites for hydroxylation is 1. The van der Waals surface area contributed by atoms with Crippen molar-refractivity contribution in [2.24, 2.45) is 0 Å². The highest BCUT2D eigenvalue weighted by molar-refractivity contribution is 6.42. The van der Waals surface area contributed by atoms with Gasteiger partial charge in [-0.1, -0.05) is 58.2 Å². The fourth-order valence-corrected chi connectivity index (χ4v) is 3.62. The van der Waals surface area contributed by atoms with E-state index in [4.69, 9.17) is 27.7 Å². The molecule has 1 N–H and O–H groups in total. The Bertz CT molecular complexity index is 1010. The lowest BCUT2D eigenvalue weighted by Crippen LogP contribution is -2.40. The summed E-state index contributed by atoms with van der Waals surface area (Å²) in [5.41, 5.74) is 2.74. The van der Waals surface area contributed by atoms with Gasteiger partial charge in [-0.2, -0.15) is 4.98 Å². The number of carbonyl (C=O) groups is 1. The number of urea groups is 1. The maximum atomic E-state index is 12.5. The molecule has 1 aliphatic rings. The lowest BCUT2D eigenvalue weighted by atomic mass is 9.97. The Hall–Kier alpha value is -2.57. The molecule has 0 radical (unpaired) electrons. The summed E-state index contributed by atoms with van der Waals surface area (Å²) in [6.45, 7) is 3.26. The van der Waals surface area contributed by atoms with E-state index in [9.17, 15) is 4.79 Å². The lowest BCUT2D eigenvalue weighted by molar-refractivity contribution is 0.187. The summed E-state index contributed by atoms with van der Waals surface area (Å²) in [6, 6.07) is 12.9. The normalized spacial score (nSPS) is 14.8. The molecule has 8 heteroatoms. The molecule has 150 valence electrons. The molecular formula is C21H20Cl2N4O2. The van der Waals surface area contributed by atoms with Crippen LogP contribution in [0.25, 0.3) is 11.4 Å². The van der Waals surface area contributed by atoms with Crippen molar-refractivity contribution in [3.05, 3.63) is 64.0 Å². The predicted octanol–water partition coefficient (Wildman–Crippen LogP) is 5.76. The molecule has 0 spiro atoms. The lowest BCUT2D eigenvalue weighted by Gasteiger charge is -2.30. The van der Waals surface area contributed by atoms with E-state index in [1.165, 1.54) is 5.56 Å². The number of nitrogens with zero attached hydrogens (tertiary/aromatic N) is 3. The second-order valence-corrected chi connectivity index (χ2v) is 7.96. The molecule has 1 saturated heterocycles. The number of carbonyl (C=O) groups excluding carboxylic acids is 1. The van der Waals surface area contributed by atoms with Crippen molar-refractivity contribution in [1.29, 1.82) is 0 Å². The molecule has 0 aliphatic carbocycles. The summed E-state index contributed by atoms with van der Waals surface area (Å²) in [5.74, 6) is 1.38. The first-order valence-electron chi connectivity index (χ1n) is 9.41. The summed E-state index contributed by atoms with van der Waals surface area (Å²) >= 11 is 11.9. The van der Waals surface area contributed by atoms with Gasteiger partial charge in [0.05, 0.1) is 10.0 Å². The summed E-state index contributed by atoms with van der Waals surface area (Å²) in [7, 11) is 0. The third-order valence-corrected chi connectivity index (χ3v) is 5.79. The quantitative estimate of drug-likeness (QED) is 0.572. The van der Waals surface area contributed by atoms with E-state index in [2.05, 4.69) is 15.5 Å². The van der Waals surface area contributed by atoms with Crippen LogP contribution in [0.4, 0.5) is 10.5 Å². The van der Waals surface area contributed by atoms with Crippen LogP contribution < -0.4 is 5.32 Å². The van der Waals surface area contributed by atoms with Crippen LogP contribution in [0.2, 0.25) is 10.0 Å². The number of anilines is 1. The van der Waals surface area contributed by atoms with E-state index >= 15 is 0 Å². The van der Waals surface area contributed by atoms with Crippen LogP contribution in [0.3, 0.4) is 0 Å². The highest BCUT2D eigenvalue weighted by Gasteiger charge is 2.27. The molecule has 1 aliphatic heterocycles. The standard InChI is InChI=1S/C21H20Cl2N4O2/c1-13-2-4-14(5-3-13)19-25-20(29-26-19)15-8-10-27(11-9-15)21(28)24-16-6-7-17(22)18(23)12-16/h2-7,12,15H,8-11H2,1H3,(H,24,28). The predicted molar refractivity (Wildman–Crippen MR) is 113 cm³/mol. The number of halogens is 2. The van der Waals surface area contributed by atoms with Crippen molar-refractivity contribution in [3.8, 4) is 11.4 Å². The summed E-state index contributed by atoms with van der Waals surface area (Å²) < 4.78 is 5.50. The zero-order valence-electron chi connectivity index (χ0n) is 15.9. The van der Waals surface area contributed by atoms with Crippen LogP contribution in [0.5, 0.6) is 0 Å². The van der Waals surface area contributed by atoms with Gasteiger partial charge in [0.1, 0.15) is 0 Å². The number of nitrogens with one attached hydrogen (secondary N) is 1. The van der Waals surface area contributed by atoms with Gasteiger partial charge in [0.15, 0.2) is 0 Å². The SMILES string of the molecule is Cc1ccc(-c2noc(C3CCN(C(=O)Nc4ccc(Cl)c(Cl)c4)CC3)n2)cc1. The Morgan fingerprint density at radius 3 is 2.52 bits per heavy atom. The second-order valence-electron chi connectivity index (χ2n) is 7.14. The van der Waals surface area contributed by atoms with Crippen molar-refractivity contribution >= 4 is 34.9 Å². The van der Waals surface area contributed by atoms with E-state index in [-0.39, 0.29) is 11.9 Å². The van der Waals surface area contributed by atoms with Gasteiger partial charge in [-0.25, -0.2) is 4.79 Å². The average molecular weight is 431 g/mol. The fourth-order valence-electron chi connectivity index (χ4n) is 3.33. The number of aromatic nitrogens is 2. The van der Waals surface area contributed by atoms with Crippen molar-refractivity contribution < 1.29 is 9.32 Å². The van der Waals surface area contributed by atoms with Gasteiger partial charge in [0.2, 0.25) is 11.7 Å². The van der Waals surface area contributed by atoms with Crippen molar-refractivity contribution in [2.45, 2.75) is 25.7 Å². The number of likely N-dealkylation sites (tertiary alicyclic amines) is 1. The van der Waals surface area contributed by atoms with Crippen LogP contribution >= 0.6 is 23.2 Å². The smallest absolute Gasteiger partial charge is 0.321 e. The molecule has 1 fully saturated rings. The monoisotopic (exact) mass is 430 g/mol. The molecule has 4 rings (SSSR count). The van der Waals surface area contributed by atoms with Gasteiger partial charge in [0, 0.05) is 30.3 Å². The highest BCUT2D eigenvalue weighted by Crippen LogP contribution is 2.29. The third kappa shape index (κ3) is 4.54. The van der Waals surface area contributed by atoms with Gasteiger partial charge in [-0.05, 0) is 38.0 Å². The van der Waals surface area contributed by atoms with Gasteiger partial charge in [-0.3, -0.25) is 0 Å². The number of piperidine rings is 1. The number of hydrogen-bond donors (Lipinski definition) is 1. The van der Waals surface area contributed by atoms with Gasteiger partial charge >= 0.3 is 6.03 Å². The summed E-state index contributed by atoms with van der Waals surface area (Å²) in [4.78, 5) is 18.9. The summed E-state index contributed by atoms with van der Waals surface area (Å²) in [5, 5.41) is 7.83. The molecule has 2 aromatic carbocycles. The van der Waals surface area contributed by atoms with Crippen LogP contribution in [0.15, 0.2) is 47.0 Å². The van der Waals surface area contributed by atoms with Gasteiger partial charge in [0.25, 0.3) is 0 Å². The van der Waals surface area contributed by atoms with Gasteiger partial charge in [-0.15, -0.1) is 0 Å². The first kappa shape index (κ1) is 19.7. The topological polar surface area (TPSA) is 71.3 Å². The number of amides is 2. The van der Waals surface area contributed by atoms with Gasteiger partial charge < -0.3 is 14.7 Å². The third-order valence-electron chi connectivity index (χ3n) is 5.05. The van der Waals surface area contributed by atoms with Crippen molar-refractivity contribution in [3.63, 3.8) is 0 Å². The maximum Gasteiger partial charge on any atom is 0.321 e. The Kier molecular flexibility index (Phi) is 5.74. The van der Waals surface area contributed by atoms with Crippen molar-refractivity contribution in [1.82, 2.24) is 15.0 Å². The number of rotatable bonds is 3. The minimum Gasteiger partial charge on any atom is -0.339 e. The molecule has 1 aromatic heterocycles. The average Bonchev–Trinajstić information content (AvgIpc) is 3.21. The first-order chi connectivity index (χ1) is 14.0. The number of hydrogen-bond acceptors (Lipinski definition) is 4. The number of benzene rings is 2.